The quantitative estimate of drug-likeness (QED) is 0.202. The standard InChI is InChI=1S/C13H23N3O4/c14-11(16-18)13(3-6-19-7-4-13)12(17)15-5-8-20-9-10-1-2-10/h10,18H,1-9H2,(H2,14,16)(H,15,17). The van der Waals surface area contributed by atoms with Crippen LogP contribution in [0.2, 0.25) is 0 Å². The molecule has 0 aromatic rings. The molecule has 2 fully saturated rings. The van der Waals surface area contributed by atoms with Crippen LogP contribution in [0, 0.1) is 11.3 Å². The van der Waals surface area contributed by atoms with E-state index < -0.39 is 5.41 Å². The average Bonchev–Trinajstić information content (AvgIpc) is 3.30. The number of ether oxygens (including phenoxy) is 2. The van der Waals surface area contributed by atoms with E-state index in [1.54, 1.807) is 0 Å². The van der Waals surface area contributed by atoms with E-state index in [0.29, 0.717) is 45.1 Å². The van der Waals surface area contributed by atoms with Gasteiger partial charge >= 0.3 is 0 Å². The normalized spacial score (nSPS) is 22.5. The van der Waals surface area contributed by atoms with Gasteiger partial charge in [-0.1, -0.05) is 5.16 Å². The van der Waals surface area contributed by atoms with Gasteiger partial charge in [0.05, 0.1) is 6.61 Å². The molecule has 20 heavy (non-hydrogen) atoms. The molecule has 1 aliphatic heterocycles. The molecular weight excluding hydrogens is 262 g/mol. The zero-order valence-corrected chi connectivity index (χ0v) is 11.6. The Morgan fingerprint density at radius 1 is 1.45 bits per heavy atom. The van der Waals surface area contributed by atoms with Gasteiger partial charge in [-0.25, -0.2) is 0 Å². The fourth-order valence-electron chi connectivity index (χ4n) is 2.36. The first-order valence-corrected chi connectivity index (χ1v) is 7.11. The van der Waals surface area contributed by atoms with E-state index in [9.17, 15) is 4.79 Å². The van der Waals surface area contributed by atoms with Gasteiger partial charge in [-0.3, -0.25) is 4.79 Å². The van der Waals surface area contributed by atoms with Crippen molar-refractivity contribution in [2.24, 2.45) is 22.2 Å². The number of nitrogens with two attached hydrogens (primary N) is 1. The van der Waals surface area contributed by atoms with Crippen molar-refractivity contribution in [2.45, 2.75) is 25.7 Å². The number of nitrogens with zero attached hydrogens (tertiary/aromatic N) is 1. The van der Waals surface area contributed by atoms with Crippen molar-refractivity contribution in [3.63, 3.8) is 0 Å². The topological polar surface area (TPSA) is 106 Å². The summed E-state index contributed by atoms with van der Waals surface area (Å²) in [6.07, 6.45) is 3.35. The summed E-state index contributed by atoms with van der Waals surface area (Å²) in [7, 11) is 0. The molecule has 0 aromatic heterocycles. The summed E-state index contributed by atoms with van der Waals surface area (Å²) in [6, 6.07) is 0. The molecule has 2 rings (SSSR count). The van der Waals surface area contributed by atoms with E-state index in [0.717, 1.165) is 6.61 Å². The van der Waals surface area contributed by atoms with Crippen LogP contribution in [0.25, 0.3) is 0 Å². The van der Waals surface area contributed by atoms with Gasteiger partial charge in [0, 0.05) is 26.4 Å². The number of oxime groups is 1. The Morgan fingerprint density at radius 3 is 2.75 bits per heavy atom. The predicted octanol–water partition coefficient (Wildman–Crippen LogP) is 0.0724. The first-order valence-electron chi connectivity index (χ1n) is 7.11. The molecule has 7 nitrogen and oxygen atoms in total. The second kappa shape index (κ2) is 6.90. The lowest BCUT2D eigenvalue weighted by atomic mass is 9.78. The lowest BCUT2D eigenvalue weighted by Gasteiger charge is -2.34. The molecule has 2 aliphatic rings. The number of amidine groups is 1. The first-order chi connectivity index (χ1) is 9.69. The van der Waals surface area contributed by atoms with Gasteiger partial charge in [0.25, 0.3) is 0 Å². The lowest BCUT2D eigenvalue weighted by molar-refractivity contribution is -0.131. The van der Waals surface area contributed by atoms with Crippen molar-refractivity contribution in [3.8, 4) is 0 Å². The first kappa shape index (κ1) is 15.1. The zero-order chi connectivity index (χ0) is 14.4. The highest BCUT2D eigenvalue weighted by atomic mass is 16.5. The SMILES string of the molecule is NC(=NO)C1(C(=O)NCCOCC2CC2)CCOCC1. The van der Waals surface area contributed by atoms with Crippen LogP contribution < -0.4 is 11.1 Å². The fraction of sp³-hybridized carbons (Fsp3) is 0.846. The predicted molar refractivity (Wildman–Crippen MR) is 72.4 cm³/mol. The highest BCUT2D eigenvalue weighted by Crippen LogP contribution is 2.31. The summed E-state index contributed by atoms with van der Waals surface area (Å²) in [4.78, 5) is 12.3. The second-order valence-electron chi connectivity index (χ2n) is 5.45. The number of carbonyl (C=O) groups is 1. The average molecular weight is 285 g/mol. The maximum atomic E-state index is 12.3. The highest BCUT2D eigenvalue weighted by molar-refractivity contribution is 6.06. The van der Waals surface area contributed by atoms with Crippen LogP contribution in [-0.2, 0) is 14.3 Å². The third kappa shape index (κ3) is 3.61. The molecular formula is C13H23N3O4. The summed E-state index contributed by atoms with van der Waals surface area (Å²) in [6.45, 7) is 2.57. The summed E-state index contributed by atoms with van der Waals surface area (Å²) in [5.74, 6) is 0.452. The maximum absolute atomic E-state index is 12.3. The zero-order valence-electron chi connectivity index (χ0n) is 11.6. The van der Waals surface area contributed by atoms with E-state index >= 15 is 0 Å². The Labute approximate surface area is 118 Å². The molecule has 1 heterocycles. The number of carbonyl (C=O) groups excluding carboxylic acids is 1. The molecule has 0 spiro atoms. The Kier molecular flexibility index (Phi) is 5.19. The molecule has 0 atom stereocenters. The van der Waals surface area contributed by atoms with Crippen LogP contribution in [0.1, 0.15) is 25.7 Å². The number of nitrogens with one attached hydrogen (secondary N) is 1. The molecule has 114 valence electrons. The molecule has 4 N–H and O–H groups in total. The number of amides is 1. The highest BCUT2D eigenvalue weighted by Gasteiger charge is 2.44. The monoisotopic (exact) mass is 285 g/mol. The Morgan fingerprint density at radius 2 is 2.15 bits per heavy atom. The van der Waals surface area contributed by atoms with Crippen molar-refractivity contribution in [1.82, 2.24) is 5.32 Å². The van der Waals surface area contributed by atoms with Crippen LogP contribution in [0.15, 0.2) is 5.16 Å². The summed E-state index contributed by atoms with van der Waals surface area (Å²) >= 11 is 0. The minimum absolute atomic E-state index is 0.0443. The van der Waals surface area contributed by atoms with Gasteiger partial charge in [0.15, 0.2) is 5.84 Å². The third-order valence-electron chi connectivity index (χ3n) is 3.96. The van der Waals surface area contributed by atoms with Gasteiger partial charge < -0.3 is 25.7 Å². The minimum atomic E-state index is -0.955. The molecule has 0 aromatic carbocycles. The van der Waals surface area contributed by atoms with Crippen LogP contribution in [0.3, 0.4) is 0 Å². The van der Waals surface area contributed by atoms with E-state index in [1.165, 1.54) is 12.8 Å². The van der Waals surface area contributed by atoms with Gasteiger partial charge in [0.2, 0.25) is 5.91 Å². The maximum Gasteiger partial charge on any atom is 0.234 e. The van der Waals surface area contributed by atoms with Crippen molar-refractivity contribution >= 4 is 11.7 Å². The molecule has 1 saturated carbocycles. The Hall–Kier alpha value is -1.34. The van der Waals surface area contributed by atoms with Gasteiger partial charge in [0.1, 0.15) is 5.41 Å². The Bertz CT molecular complexity index is 363. The summed E-state index contributed by atoms with van der Waals surface area (Å²) in [5.41, 5.74) is 4.76. The summed E-state index contributed by atoms with van der Waals surface area (Å²) in [5, 5.41) is 14.7. The van der Waals surface area contributed by atoms with Gasteiger partial charge in [-0.2, -0.15) is 0 Å². The van der Waals surface area contributed by atoms with Gasteiger partial charge in [-0.15, -0.1) is 0 Å². The van der Waals surface area contributed by atoms with Crippen LogP contribution in [0.4, 0.5) is 0 Å². The van der Waals surface area contributed by atoms with Crippen molar-refractivity contribution in [1.29, 1.82) is 0 Å². The van der Waals surface area contributed by atoms with Crippen LogP contribution in [-0.4, -0.2) is 49.9 Å². The molecule has 0 bridgehead atoms. The van der Waals surface area contributed by atoms with Crippen molar-refractivity contribution < 1.29 is 19.5 Å². The minimum Gasteiger partial charge on any atom is -0.409 e. The molecule has 0 radical (unpaired) electrons. The second-order valence-corrected chi connectivity index (χ2v) is 5.45. The fourth-order valence-corrected chi connectivity index (χ4v) is 2.36. The van der Waals surface area contributed by atoms with E-state index in [2.05, 4.69) is 10.5 Å². The molecule has 1 amide bonds. The summed E-state index contributed by atoms with van der Waals surface area (Å²) < 4.78 is 10.7. The Balaban J connectivity index is 1.79. The lowest BCUT2D eigenvalue weighted by Crippen LogP contribution is -2.53. The van der Waals surface area contributed by atoms with Crippen molar-refractivity contribution in [3.05, 3.63) is 0 Å². The molecule has 1 aliphatic carbocycles. The molecule has 1 saturated heterocycles. The number of rotatable bonds is 7. The van der Waals surface area contributed by atoms with E-state index in [-0.39, 0.29) is 11.7 Å². The van der Waals surface area contributed by atoms with Crippen LogP contribution >= 0.6 is 0 Å². The number of hydrogen-bond donors (Lipinski definition) is 3. The largest absolute Gasteiger partial charge is 0.409 e. The van der Waals surface area contributed by atoms with Crippen molar-refractivity contribution in [2.75, 3.05) is 33.0 Å². The molecule has 7 heteroatoms. The number of hydrogen-bond acceptors (Lipinski definition) is 5. The third-order valence-corrected chi connectivity index (χ3v) is 3.96. The van der Waals surface area contributed by atoms with E-state index in [4.69, 9.17) is 20.4 Å². The van der Waals surface area contributed by atoms with Gasteiger partial charge in [-0.05, 0) is 31.6 Å². The van der Waals surface area contributed by atoms with Crippen LogP contribution in [0.5, 0.6) is 0 Å². The molecule has 0 unspecified atom stereocenters. The smallest absolute Gasteiger partial charge is 0.234 e. The van der Waals surface area contributed by atoms with E-state index in [1.807, 2.05) is 0 Å².